The van der Waals surface area contributed by atoms with Crippen molar-refractivity contribution in [2.75, 3.05) is 14.2 Å². The molecule has 0 saturated carbocycles. The number of azo groups is 1. The molecule has 8 heteroatoms. The summed E-state index contributed by atoms with van der Waals surface area (Å²) in [4.78, 5) is 34.9. The van der Waals surface area contributed by atoms with Crippen LogP contribution < -0.4 is 0 Å². The van der Waals surface area contributed by atoms with Crippen molar-refractivity contribution in [1.82, 2.24) is 0 Å². The molecule has 0 N–H and O–H groups in total. The largest absolute Gasteiger partial charge is 0.466 e. The van der Waals surface area contributed by atoms with Crippen LogP contribution in [0.1, 0.15) is 20.8 Å². The van der Waals surface area contributed by atoms with Gasteiger partial charge >= 0.3 is 17.9 Å². The van der Waals surface area contributed by atoms with Crippen molar-refractivity contribution in [3.63, 3.8) is 0 Å². The number of carbonyl (C=O) groups excluding carboxylic acids is 3. The highest BCUT2D eigenvalue weighted by atomic mass is 16.6. The van der Waals surface area contributed by atoms with Gasteiger partial charge in [-0.1, -0.05) is 0 Å². The maximum atomic E-state index is 11.9. The maximum Gasteiger partial charge on any atom is 0.360 e. The first-order valence-electron chi connectivity index (χ1n) is 5.79. The molecule has 20 heavy (non-hydrogen) atoms. The van der Waals surface area contributed by atoms with Crippen LogP contribution in [0.15, 0.2) is 21.5 Å². The molecule has 0 aromatic rings. The van der Waals surface area contributed by atoms with Gasteiger partial charge in [0.2, 0.25) is 0 Å². The average molecular weight is 284 g/mol. The minimum atomic E-state index is -1.11. The summed E-state index contributed by atoms with van der Waals surface area (Å²) >= 11 is 0. The Morgan fingerprint density at radius 3 is 2.20 bits per heavy atom. The minimum absolute atomic E-state index is 0.0120. The SMILES string of the molecule is COC(=O)C1=C(C(=O)O[C@@H](C)C(=O)OC)N=NC1(C)C. The van der Waals surface area contributed by atoms with Gasteiger partial charge in [-0.15, -0.1) is 5.11 Å². The highest BCUT2D eigenvalue weighted by Gasteiger charge is 2.41. The fourth-order valence-electron chi connectivity index (χ4n) is 1.59. The molecule has 0 spiro atoms. The molecule has 1 atom stereocenters. The van der Waals surface area contributed by atoms with Gasteiger partial charge in [0.1, 0.15) is 11.1 Å². The van der Waals surface area contributed by atoms with E-state index in [1.807, 2.05) is 0 Å². The maximum absolute atomic E-state index is 11.9. The Bertz CT molecular complexity index is 506. The lowest BCUT2D eigenvalue weighted by molar-refractivity contribution is -0.162. The summed E-state index contributed by atoms with van der Waals surface area (Å²) in [6.07, 6.45) is -1.11. The molecular weight excluding hydrogens is 268 g/mol. The lowest BCUT2D eigenvalue weighted by atomic mass is 9.94. The molecule has 1 rings (SSSR count). The third-order valence-electron chi connectivity index (χ3n) is 2.65. The normalized spacial score (nSPS) is 17.6. The molecule has 110 valence electrons. The van der Waals surface area contributed by atoms with Gasteiger partial charge in [-0.25, -0.2) is 14.4 Å². The van der Waals surface area contributed by atoms with Gasteiger partial charge in [0.05, 0.1) is 14.2 Å². The van der Waals surface area contributed by atoms with E-state index >= 15 is 0 Å². The first kappa shape index (κ1) is 15.8. The molecular formula is C12H16N2O6. The second-order valence-electron chi connectivity index (χ2n) is 4.54. The van der Waals surface area contributed by atoms with E-state index in [1.165, 1.54) is 21.1 Å². The third-order valence-corrected chi connectivity index (χ3v) is 2.65. The van der Waals surface area contributed by atoms with Gasteiger partial charge in [0, 0.05) is 0 Å². The standard InChI is InChI=1S/C12H16N2O6/c1-6(9(15)18-4)20-11(17)8-7(10(16)19-5)12(2,3)14-13-8/h6H,1-5H3/t6-/m0/s1. The Kier molecular flexibility index (Phi) is 4.59. The van der Waals surface area contributed by atoms with Crippen LogP contribution in [0, 0.1) is 0 Å². The summed E-state index contributed by atoms with van der Waals surface area (Å²) in [7, 11) is 2.36. The number of ether oxygens (including phenoxy) is 3. The average Bonchev–Trinajstić information content (AvgIpc) is 2.72. The van der Waals surface area contributed by atoms with E-state index in [-0.39, 0.29) is 11.3 Å². The molecule has 0 unspecified atom stereocenters. The Morgan fingerprint density at radius 1 is 1.10 bits per heavy atom. The van der Waals surface area contributed by atoms with Crippen molar-refractivity contribution < 1.29 is 28.6 Å². The number of rotatable bonds is 4. The van der Waals surface area contributed by atoms with Gasteiger partial charge in [-0.2, -0.15) is 5.11 Å². The fraction of sp³-hybridized carbons (Fsp3) is 0.583. The minimum Gasteiger partial charge on any atom is -0.466 e. The van der Waals surface area contributed by atoms with E-state index < -0.39 is 29.6 Å². The predicted octanol–water partition coefficient (Wildman–Crippen LogP) is 0.763. The van der Waals surface area contributed by atoms with Crippen LogP contribution in [0.3, 0.4) is 0 Å². The summed E-state index contributed by atoms with van der Waals surface area (Å²) in [5.74, 6) is -2.37. The van der Waals surface area contributed by atoms with Crippen LogP contribution in [0.2, 0.25) is 0 Å². The molecule has 1 aliphatic rings. The van der Waals surface area contributed by atoms with Crippen molar-refractivity contribution in [3.05, 3.63) is 11.3 Å². The second kappa shape index (κ2) is 5.81. The smallest absolute Gasteiger partial charge is 0.360 e. The Labute approximate surface area is 115 Å². The van der Waals surface area contributed by atoms with Crippen molar-refractivity contribution in [2.45, 2.75) is 32.4 Å². The van der Waals surface area contributed by atoms with Crippen molar-refractivity contribution in [1.29, 1.82) is 0 Å². The van der Waals surface area contributed by atoms with Gasteiger partial charge in [0.15, 0.2) is 11.8 Å². The highest BCUT2D eigenvalue weighted by Crippen LogP contribution is 2.33. The van der Waals surface area contributed by atoms with Crippen LogP contribution in [-0.4, -0.2) is 43.8 Å². The summed E-state index contributed by atoms with van der Waals surface area (Å²) < 4.78 is 13.9. The molecule has 0 saturated heterocycles. The van der Waals surface area contributed by atoms with Crippen LogP contribution >= 0.6 is 0 Å². The lowest BCUT2D eigenvalue weighted by Crippen LogP contribution is -2.29. The van der Waals surface area contributed by atoms with E-state index in [4.69, 9.17) is 4.74 Å². The predicted molar refractivity (Wildman–Crippen MR) is 65.5 cm³/mol. The highest BCUT2D eigenvalue weighted by molar-refractivity contribution is 6.02. The van der Waals surface area contributed by atoms with Crippen molar-refractivity contribution >= 4 is 17.9 Å². The van der Waals surface area contributed by atoms with Crippen molar-refractivity contribution in [3.8, 4) is 0 Å². The zero-order valence-corrected chi connectivity index (χ0v) is 11.9. The molecule has 0 amide bonds. The van der Waals surface area contributed by atoms with Crippen LogP contribution in [0.25, 0.3) is 0 Å². The van der Waals surface area contributed by atoms with Gasteiger partial charge in [0.25, 0.3) is 0 Å². The third kappa shape index (κ3) is 3.01. The van der Waals surface area contributed by atoms with E-state index in [1.54, 1.807) is 13.8 Å². The topological polar surface area (TPSA) is 104 Å². The van der Waals surface area contributed by atoms with Crippen molar-refractivity contribution in [2.24, 2.45) is 10.2 Å². The second-order valence-corrected chi connectivity index (χ2v) is 4.54. The number of methoxy groups -OCH3 is 2. The van der Waals surface area contributed by atoms with Crippen LogP contribution in [-0.2, 0) is 28.6 Å². The molecule has 0 aromatic carbocycles. The number of hydrogen-bond donors (Lipinski definition) is 0. The molecule has 1 heterocycles. The molecule has 0 aromatic heterocycles. The molecule has 0 bridgehead atoms. The Hall–Kier alpha value is -2.25. The zero-order chi connectivity index (χ0) is 15.5. The van der Waals surface area contributed by atoms with Crippen LogP contribution in [0.5, 0.6) is 0 Å². The summed E-state index contributed by atoms with van der Waals surface area (Å²) in [5, 5.41) is 7.48. The summed E-state index contributed by atoms with van der Waals surface area (Å²) in [5.41, 5.74) is -1.27. The first-order valence-corrected chi connectivity index (χ1v) is 5.79. The van der Waals surface area contributed by atoms with Gasteiger partial charge in [-0.3, -0.25) is 0 Å². The lowest BCUT2D eigenvalue weighted by Gasteiger charge is -2.16. The summed E-state index contributed by atoms with van der Waals surface area (Å²) in [6.45, 7) is 4.55. The van der Waals surface area contributed by atoms with Crippen LogP contribution in [0.4, 0.5) is 0 Å². The Balaban J connectivity index is 3.03. The monoisotopic (exact) mass is 284 g/mol. The Morgan fingerprint density at radius 2 is 1.70 bits per heavy atom. The first-order chi connectivity index (χ1) is 9.24. The van der Waals surface area contributed by atoms with E-state index in [0.29, 0.717) is 0 Å². The number of carbonyl (C=O) groups is 3. The number of esters is 3. The number of hydrogen-bond acceptors (Lipinski definition) is 8. The quantitative estimate of drug-likeness (QED) is 0.557. The molecule has 8 nitrogen and oxygen atoms in total. The van der Waals surface area contributed by atoms with E-state index in [2.05, 4.69) is 19.7 Å². The zero-order valence-electron chi connectivity index (χ0n) is 11.9. The molecule has 1 aliphatic heterocycles. The van der Waals surface area contributed by atoms with E-state index in [9.17, 15) is 14.4 Å². The van der Waals surface area contributed by atoms with E-state index in [0.717, 1.165) is 0 Å². The molecule has 0 fully saturated rings. The fourth-order valence-corrected chi connectivity index (χ4v) is 1.59. The molecule has 0 aliphatic carbocycles. The number of nitrogens with zero attached hydrogens (tertiary/aromatic N) is 2. The summed E-state index contributed by atoms with van der Waals surface area (Å²) in [6, 6.07) is 0. The molecule has 0 radical (unpaired) electrons. The van der Waals surface area contributed by atoms with Gasteiger partial charge < -0.3 is 14.2 Å². The van der Waals surface area contributed by atoms with Gasteiger partial charge in [-0.05, 0) is 20.8 Å².